The molecule has 2 nitrogen and oxygen atoms in total. The van der Waals surface area contributed by atoms with Gasteiger partial charge in [-0.25, -0.2) is 4.79 Å². The number of hydrogen-bond acceptors (Lipinski definition) is 2. The van der Waals surface area contributed by atoms with Crippen molar-refractivity contribution in [2.45, 2.75) is 19.5 Å². The van der Waals surface area contributed by atoms with E-state index >= 15 is 0 Å². The molecular formula is C10H9F3O2. The number of ether oxygens (including phenoxy) is 1. The fourth-order valence-electron chi connectivity index (χ4n) is 0.958. The van der Waals surface area contributed by atoms with Crippen molar-refractivity contribution >= 4 is 5.97 Å². The zero-order valence-corrected chi connectivity index (χ0v) is 7.97. The van der Waals surface area contributed by atoms with Gasteiger partial charge in [-0.1, -0.05) is 19.1 Å². The predicted molar refractivity (Wildman–Crippen MR) is 47.5 cm³/mol. The molecule has 0 bridgehead atoms. The summed E-state index contributed by atoms with van der Waals surface area (Å²) < 4.78 is 39.5. The van der Waals surface area contributed by atoms with Crippen LogP contribution >= 0.6 is 0 Å². The summed E-state index contributed by atoms with van der Waals surface area (Å²) >= 11 is 0. The molecule has 1 aromatic rings. The number of alkyl halides is 3. The Morgan fingerprint density at radius 1 is 1.27 bits per heavy atom. The summed E-state index contributed by atoms with van der Waals surface area (Å²) in [6.45, 7) is 1.91. The summed E-state index contributed by atoms with van der Waals surface area (Å²) in [5.74, 6) is -2.30. The smallest absolute Gasteiger partial charge is 0.420 e. The van der Waals surface area contributed by atoms with E-state index in [2.05, 4.69) is 4.74 Å². The third kappa shape index (κ3) is 3.27. The Hall–Kier alpha value is -1.52. The highest BCUT2D eigenvalue weighted by Gasteiger charge is 2.41. The molecule has 0 amide bonds. The van der Waals surface area contributed by atoms with Crippen LogP contribution in [0.15, 0.2) is 24.3 Å². The zero-order chi connectivity index (χ0) is 11.5. The largest absolute Gasteiger partial charge is 0.491 e. The van der Waals surface area contributed by atoms with E-state index < -0.39 is 12.1 Å². The van der Waals surface area contributed by atoms with E-state index in [-0.39, 0.29) is 5.75 Å². The molecule has 5 heteroatoms. The molecule has 0 atom stereocenters. The number of rotatable bonds is 2. The minimum Gasteiger partial charge on any atom is -0.420 e. The van der Waals surface area contributed by atoms with Crippen molar-refractivity contribution in [1.82, 2.24) is 0 Å². The molecule has 0 aliphatic heterocycles. The maximum Gasteiger partial charge on any atom is 0.491 e. The van der Waals surface area contributed by atoms with Crippen molar-refractivity contribution in [3.63, 3.8) is 0 Å². The van der Waals surface area contributed by atoms with Crippen LogP contribution in [-0.2, 0) is 11.2 Å². The third-order valence-corrected chi connectivity index (χ3v) is 1.77. The predicted octanol–water partition coefficient (Wildman–Crippen LogP) is 2.72. The van der Waals surface area contributed by atoms with Gasteiger partial charge in [-0.3, -0.25) is 0 Å². The van der Waals surface area contributed by atoms with E-state index in [4.69, 9.17) is 0 Å². The van der Waals surface area contributed by atoms with Crippen LogP contribution in [0, 0.1) is 0 Å². The van der Waals surface area contributed by atoms with Crippen molar-refractivity contribution in [2.24, 2.45) is 0 Å². The molecular weight excluding hydrogens is 209 g/mol. The molecule has 0 heterocycles. The average Bonchev–Trinajstić information content (AvgIpc) is 2.17. The molecule has 0 aliphatic rings. The second kappa shape index (κ2) is 4.33. The van der Waals surface area contributed by atoms with Crippen LogP contribution in [0.4, 0.5) is 13.2 Å². The van der Waals surface area contributed by atoms with E-state index in [1.54, 1.807) is 12.1 Å². The maximum atomic E-state index is 11.8. The molecule has 1 aromatic carbocycles. The van der Waals surface area contributed by atoms with Gasteiger partial charge in [0.2, 0.25) is 0 Å². The number of esters is 1. The Morgan fingerprint density at radius 2 is 1.80 bits per heavy atom. The molecule has 0 aliphatic carbocycles. The Kier molecular flexibility index (Phi) is 3.34. The van der Waals surface area contributed by atoms with Gasteiger partial charge in [0.05, 0.1) is 0 Å². The first kappa shape index (κ1) is 11.6. The lowest BCUT2D eigenvalue weighted by Gasteiger charge is -2.06. The van der Waals surface area contributed by atoms with E-state index in [1.165, 1.54) is 12.1 Å². The minimum atomic E-state index is -4.95. The Labute approximate surface area is 84.7 Å². The fourth-order valence-corrected chi connectivity index (χ4v) is 0.958. The van der Waals surface area contributed by atoms with Gasteiger partial charge in [0.25, 0.3) is 0 Å². The van der Waals surface area contributed by atoms with Gasteiger partial charge in [-0.05, 0) is 24.1 Å². The topological polar surface area (TPSA) is 26.3 Å². The SMILES string of the molecule is CCc1ccc(OC(=O)C(F)(F)F)cc1. The fraction of sp³-hybridized carbons (Fsp3) is 0.300. The Morgan fingerprint density at radius 3 is 2.20 bits per heavy atom. The molecule has 82 valence electrons. The summed E-state index contributed by atoms with van der Waals surface area (Å²) in [6.07, 6.45) is -4.18. The van der Waals surface area contributed by atoms with Gasteiger partial charge in [-0.15, -0.1) is 0 Å². The van der Waals surface area contributed by atoms with Crippen LogP contribution in [0.2, 0.25) is 0 Å². The highest BCUT2D eigenvalue weighted by molar-refractivity contribution is 5.78. The first-order valence-corrected chi connectivity index (χ1v) is 4.31. The molecule has 0 N–H and O–H groups in total. The number of carbonyl (C=O) groups is 1. The van der Waals surface area contributed by atoms with E-state index in [0.29, 0.717) is 0 Å². The van der Waals surface area contributed by atoms with Gasteiger partial charge in [0, 0.05) is 0 Å². The number of aryl methyl sites for hydroxylation is 1. The normalized spacial score (nSPS) is 11.2. The van der Waals surface area contributed by atoms with Gasteiger partial charge < -0.3 is 4.74 Å². The van der Waals surface area contributed by atoms with Gasteiger partial charge in [0.1, 0.15) is 5.75 Å². The maximum absolute atomic E-state index is 11.8. The number of benzene rings is 1. The summed E-state index contributed by atoms with van der Waals surface area (Å²) in [7, 11) is 0. The minimum absolute atomic E-state index is 0.102. The van der Waals surface area contributed by atoms with Crippen LogP contribution in [0.1, 0.15) is 12.5 Å². The molecule has 0 saturated carbocycles. The molecule has 0 unspecified atom stereocenters. The summed E-state index contributed by atoms with van der Waals surface area (Å²) in [6, 6.07) is 5.89. The number of carbonyl (C=O) groups excluding carboxylic acids is 1. The van der Waals surface area contributed by atoms with Crippen LogP contribution in [0.25, 0.3) is 0 Å². The van der Waals surface area contributed by atoms with Crippen LogP contribution in [0.3, 0.4) is 0 Å². The van der Waals surface area contributed by atoms with E-state index in [9.17, 15) is 18.0 Å². The molecule has 0 fully saturated rings. The molecule has 1 rings (SSSR count). The summed E-state index contributed by atoms with van der Waals surface area (Å²) in [5.41, 5.74) is 0.960. The Bertz CT molecular complexity index is 341. The van der Waals surface area contributed by atoms with Gasteiger partial charge in [-0.2, -0.15) is 13.2 Å². The Balaban J connectivity index is 2.70. The zero-order valence-electron chi connectivity index (χ0n) is 7.97. The lowest BCUT2D eigenvalue weighted by atomic mass is 10.2. The van der Waals surface area contributed by atoms with E-state index in [0.717, 1.165) is 12.0 Å². The highest BCUT2D eigenvalue weighted by Crippen LogP contribution is 2.20. The van der Waals surface area contributed by atoms with Gasteiger partial charge >= 0.3 is 12.1 Å². The number of halogens is 3. The quantitative estimate of drug-likeness (QED) is 0.563. The standard InChI is InChI=1S/C10H9F3O2/c1-2-7-3-5-8(6-4-7)15-9(14)10(11,12)13/h3-6H,2H2,1H3. The lowest BCUT2D eigenvalue weighted by Crippen LogP contribution is -2.27. The number of hydrogen-bond donors (Lipinski definition) is 0. The van der Waals surface area contributed by atoms with Gasteiger partial charge in [0.15, 0.2) is 0 Å². The van der Waals surface area contributed by atoms with Crippen LogP contribution in [-0.4, -0.2) is 12.1 Å². The van der Waals surface area contributed by atoms with Crippen molar-refractivity contribution in [1.29, 1.82) is 0 Å². The third-order valence-electron chi connectivity index (χ3n) is 1.77. The van der Waals surface area contributed by atoms with Crippen molar-refractivity contribution in [3.05, 3.63) is 29.8 Å². The summed E-state index contributed by atoms with van der Waals surface area (Å²) in [5, 5.41) is 0. The van der Waals surface area contributed by atoms with Crippen molar-refractivity contribution in [3.8, 4) is 5.75 Å². The summed E-state index contributed by atoms with van der Waals surface area (Å²) in [4.78, 5) is 10.4. The molecule has 0 aromatic heterocycles. The molecule has 15 heavy (non-hydrogen) atoms. The average molecular weight is 218 g/mol. The van der Waals surface area contributed by atoms with Crippen molar-refractivity contribution in [2.75, 3.05) is 0 Å². The molecule has 0 spiro atoms. The second-order valence-corrected chi connectivity index (χ2v) is 2.88. The molecule has 0 saturated heterocycles. The van der Waals surface area contributed by atoms with E-state index in [1.807, 2.05) is 6.92 Å². The van der Waals surface area contributed by atoms with Crippen molar-refractivity contribution < 1.29 is 22.7 Å². The van der Waals surface area contributed by atoms with Crippen LogP contribution in [0.5, 0.6) is 5.75 Å². The molecule has 0 radical (unpaired) electrons. The first-order valence-electron chi connectivity index (χ1n) is 4.31. The van der Waals surface area contributed by atoms with Crippen LogP contribution < -0.4 is 4.74 Å². The second-order valence-electron chi connectivity index (χ2n) is 2.88. The lowest BCUT2D eigenvalue weighted by molar-refractivity contribution is -0.189. The monoisotopic (exact) mass is 218 g/mol. The first-order chi connectivity index (χ1) is 6.93. The highest BCUT2D eigenvalue weighted by atomic mass is 19.4.